The van der Waals surface area contributed by atoms with E-state index in [1.54, 1.807) is 6.20 Å². The minimum absolute atomic E-state index is 0.0380. The summed E-state index contributed by atoms with van der Waals surface area (Å²) >= 11 is 0. The first-order valence-corrected chi connectivity index (χ1v) is 7.89. The first-order valence-electron chi connectivity index (χ1n) is 7.89. The average Bonchev–Trinajstić information content (AvgIpc) is 2.50. The van der Waals surface area contributed by atoms with Crippen molar-refractivity contribution in [1.82, 2.24) is 15.2 Å². The van der Waals surface area contributed by atoms with Gasteiger partial charge in [0.1, 0.15) is 5.82 Å². The molecule has 0 radical (unpaired) electrons. The van der Waals surface area contributed by atoms with Crippen molar-refractivity contribution in [2.45, 2.75) is 38.6 Å². The van der Waals surface area contributed by atoms with Crippen molar-refractivity contribution in [2.75, 3.05) is 32.0 Å². The molecule has 2 N–H and O–H groups in total. The van der Waals surface area contributed by atoms with Crippen molar-refractivity contribution in [1.29, 1.82) is 0 Å². The number of rotatable bonds is 6. The number of piperidine rings is 1. The lowest BCUT2D eigenvalue weighted by Crippen LogP contribution is -2.39. The Labute approximate surface area is 127 Å². The SMILES string of the molecule is CCNc1ccc(C(=O)NCCC2CCCCN2C)cn1. The van der Waals surface area contributed by atoms with Gasteiger partial charge < -0.3 is 15.5 Å². The summed E-state index contributed by atoms with van der Waals surface area (Å²) in [5.74, 6) is 0.766. The number of hydrogen-bond donors (Lipinski definition) is 2. The van der Waals surface area contributed by atoms with Crippen molar-refractivity contribution in [3.63, 3.8) is 0 Å². The van der Waals surface area contributed by atoms with Gasteiger partial charge in [0.25, 0.3) is 5.91 Å². The summed E-state index contributed by atoms with van der Waals surface area (Å²) in [5, 5.41) is 6.11. The van der Waals surface area contributed by atoms with Crippen LogP contribution in [0.1, 0.15) is 43.0 Å². The Morgan fingerprint density at radius 2 is 2.29 bits per heavy atom. The first kappa shape index (κ1) is 15.8. The Hall–Kier alpha value is -1.62. The van der Waals surface area contributed by atoms with Crippen LogP contribution >= 0.6 is 0 Å². The molecule has 0 aromatic carbocycles. The Bertz CT molecular complexity index is 446. The quantitative estimate of drug-likeness (QED) is 0.842. The van der Waals surface area contributed by atoms with E-state index >= 15 is 0 Å². The molecule has 1 amide bonds. The van der Waals surface area contributed by atoms with Gasteiger partial charge in [0.15, 0.2) is 0 Å². The van der Waals surface area contributed by atoms with Gasteiger partial charge in [0, 0.05) is 25.3 Å². The zero-order valence-electron chi connectivity index (χ0n) is 13.1. The predicted molar refractivity (Wildman–Crippen MR) is 85.6 cm³/mol. The molecule has 1 aliphatic rings. The van der Waals surface area contributed by atoms with Gasteiger partial charge in [-0.15, -0.1) is 0 Å². The highest BCUT2D eigenvalue weighted by molar-refractivity contribution is 5.94. The third-order valence-corrected chi connectivity index (χ3v) is 4.07. The molecule has 5 nitrogen and oxygen atoms in total. The van der Waals surface area contributed by atoms with Gasteiger partial charge in [-0.3, -0.25) is 4.79 Å². The van der Waals surface area contributed by atoms with Gasteiger partial charge >= 0.3 is 0 Å². The minimum atomic E-state index is -0.0380. The van der Waals surface area contributed by atoms with Gasteiger partial charge in [-0.05, 0) is 51.9 Å². The fraction of sp³-hybridized carbons (Fsp3) is 0.625. The number of hydrogen-bond acceptors (Lipinski definition) is 4. The van der Waals surface area contributed by atoms with Crippen LogP contribution in [-0.2, 0) is 0 Å². The highest BCUT2D eigenvalue weighted by atomic mass is 16.1. The number of carbonyl (C=O) groups is 1. The summed E-state index contributed by atoms with van der Waals surface area (Å²) < 4.78 is 0. The zero-order valence-corrected chi connectivity index (χ0v) is 13.1. The van der Waals surface area contributed by atoms with E-state index in [0.29, 0.717) is 11.6 Å². The number of aromatic nitrogens is 1. The van der Waals surface area contributed by atoms with Crippen LogP contribution in [0.25, 0.3) is 0 Å². The van der Waals surface area contributed by atoms with Gasteiger partial charge in [-0.25, -0.2) is 4.98 Å². The summed E-state index contributed by atoms with van der Waals surface area (Å²) in [7, 11) is 2.18. The van der Waals surface area contributed by atoms with Gasteiger partial charge in [0.05, 0.1) is 5.56 Å². The number of anilines is 1. The molecule has 1 unspecified atom stereocenters. The molecule has 1 aliphatic heterocycles. The molecule has 1 aromatic heterocycles. The first-order chi connectivity index (χ1) is 10.2. The molecule has 1 fully saturated rings. The molecule has 5 heteroatoms. The summed E-state index contributed by atoms with van der Waals surface area (Å²) in [4.78, 5) is 18.7. The Morgan fingerprint density at radius 1 is 1.43 bits per heavy atom. The van der Waals surface area contributed by atoms with Crippen LogP contribution < -0.4 is 10.6 Å². The monoisotopic (exact) mass is 290 g/mol. The van der Waals surface area contributed by atoms with Crippen LogP contribution in [0, 0.1) is 0 Å². The summed E-state index contributed by atoms with van der Waals surface area (Å²) in [6.07, 6.45) is 6.48. The van der Waals surface area contributed by atoms with Crippen molar-refractivity contribution in [3.05, 3.63) is 23.9 Å². The van der Waals surface area contributed by atoms with E-state index in [9.17, 15) is 4.79 Å². The summed E-state index contributed by atoms with van der Waals surface area (Å²) in [6, 6.07) is 4.26. The van der Waals surface area contributed by atoms with E-state index in [4.69, 9.17) is 0 Å². The van der Waals surface area contributed by atoms with Crippen molar-refractivity contribution >= 4 is 11.7 Å². The second kappa shape index (κ2) is 7.98. The normalized spacial score (nSPS) is 19.2. The summed E-state index contributed by atoms with van der Waals surface area (Å²) in [6.45, 7) is 4.75. The lowest BCUT2D eigenvalue weighted by molar-refractivity contribution is 0.0945. The average molecular weight is 290 g/mol. The molecule has 1 saturated heterocycles. The maximum atomic E-state index is 12.1. The lowest BCUT2D eigenvalue weighted by atomic mass is 10.0. The number of carbonyl (C=O) groups excluding carboxylic acids is 1. The predicted octanol–water partition coefficient (Wildman–Crippen LogP) is 2.12. The van der Waals surface area contributed by atoms with Gasteiger partial charge in [-0.2, -0.15) is 0 Å². The van der Waals surface area contributed by atoms with Crippen molar-refractivity contribution in [2.24, 2.45) is 0 Å². The molecule has 0 aliphatic carbocycles. The van der Waals surface area contributed by atoms with Crippen LogP contribution in [-0.4, -0.2) is 48.5 Å². The number of nitrogens with zero attached hydrogens (tertiary/aromatic N) is 2. The smallest absolute Gasteiger partial charge is 0.252 e. The van der Waals surface area contributed by atoms with Crippen LogP contribution in [0.15, 0.2) is 18.3 Å². The number of pyridine rings is 1. The van der Waals surface area contributed by atoms with E-state index < -0.39 is 0 Å². The van der Waals surface area contributed by atoms with Crippen LogP contribution in [0.3, 0.4) is 0 Å². The molecule has 0 spiro atoms. The largest absolute Gasteiger partial charge is 0.370 e. The third-order valence-electron chi connectivity index (χ3n) is 4.07. The molecule has 0 saturated carbocycles. The maximum absolute atomic E-state index is 12.1. The Morgan fingerprint density at radius 3 is 2.95 bits per heavy atom. The molecule has 2 heterocycles. The second-order valence-corrected chi connectivity index (χ2v) is 5.64. The van der Waals surface area contributed by atoms with E-state index in [1.165, 1.54) is 25.8 Å². The van der Waals surface area contributed by atoms with Crippen LogP contribution in [0.4, 0.5) is 5.82 Å². The van der Waals surface area contributed by atoms with E-state index in [1.807, 2.05) is 19.1 Å². The molecule has 21 heavy (non-hydrogen) atoms. The topological polar surface area (TPSA) is 57.3 Å². The number of likely N-dealkylation sites (tertiary alicyclic amines) is 1. The fourth-order valence-corrected chi connectivity index (χ4v) is 2.78. The van der Waals surface area contributed by atoms with E-state index in [-0.39, 0.29) is 5.91 Å². The molecule has 1 atom stereocenters. The van der Waals surface area contributed by atoms with Gasteiger partial charge in [0.2, 0.25) is 0 Å². The summed E-state index contributed by atoms with van der Waals surface area (Å²) in [5.41, 5.74) is 0.619. The molecule has 0 bridgehead atoms. The minimum Gasteiger partial charge on any atom is -0.370 e. The van der Waals surface area contributed by atoms with Gasteiger partial charge in [-0.1, -0.05) is 6.42 Å². The molecule has 2 rings (SSSR count). The van der Waals surface area contributed by atoms with Crippen LogP contribution in [0.5, 0.6) is 0 Å². The van der Waals surface area contributed by atoms with E-state index in [0.717, 1.165) is 25.3 Å². The molecule has 1 aromatic rings. The highest BCUT2D eigenvalue weighted by Gasteiger charge is 2.18. The van der Waals surface area contributed by atoms with Crippen molar-refractivity contribution in [3.8, 4) is 0 Å². The Kier molecular flexibility index (Phi) is 5.99. The second-order valence-electron chi connectivity index (χ2n) is 5.64. The highest BCUT2D eigenvalue weighted by Crippen LogP contribution is 2.17. The molecular weight excluding hydrogens is 264 g/mol. The maximum Gasteiger partial charge on any atom is 0.252 e. The zero-order chi connectivity index (χ0) is 15.1. The van der Waals surface area contributed by atoms with Crippen LogP contribution in [0.2, 0.25) is 0 Å². The number of amides is 1. The standard InChI is InChI=1S/C16H26N4O/c1-3-17-15-8-7-13(12-19-15)16(21)18-10-9-14-6-4-5-11-20(14)2/h7-8,12,14H,3-6,9-11H2,1-2H3,(H,17,19)(H,18,21). The third kappa shape index (κ3) is 4.70. The lowest BCUT2D eigenvalue weighted by Gasteiger charge is -2.32. The Balaban J connectivity index is 1.76. The van der Waals surface area contributed by atoms with E-state index in [2.05, 4.69) is 27.6 Å². The fourth-order valence-electron chi connectivity index (χ4n) is 2.78. The number of nitrogens with one attached hydrogen (secondary N) is 2. The molecular formula is C16H26N4O. The van der Waals surface area contributed by atoms with Crippen molar-refractivity contribution < 1.29 is 4.79 Å². The molecule has 116 valence electrons.